The molecule has 3 aromatic rings. The van der Waals surface area contributed by atoms with Gasteiger partial charge in [-0.1, -0.05) is 30.3 Å². The van der Waals surface area contributed by atoms with Crippen LogP contribution in [0.25, 0.3) is 0 Å². The molecule has 0 N–H and O–H groups in total. The number of hydrogen-bond acceptors (Lipinski definition) is 6. The normalized spacial score (nSPS) is 15.8. The zero-order valence-corrected chi connectivity index (χ0v) is 16.1. The molecule has 29 heavy (non-hydrogen) atoms. The summed E-state index contributed by atoms with van der Waals surface area (Å²) in [6, 6.07) is 13.9. The van der Waals surface area contributed by atoms with Crippen molar-refractivity contribution in [2.45, 2.75) is 32.2 Å². The lowest BCUT2D eigenvalue weighted by atomic mass is 9.93. The molecule has 2 aliphatic rings. The van der Waals surface area contributed by atoms with Crippen LogP contribution >= 0.6 is 0 Å². The van der Waals surface area contributed by atoms with Crippen LogP contribution in [0.2, 0.25) is 0 Å². The van der Waals surface area contributed by atoms with Gasteiger partial charge in [-0.3, -0.25) is 4.79 Å². The maximum absolute atomic E-state index is 13.2. The summed E-state index contributed by atoms with van der Waals surface area (Å²) in [6.45, 7) is 3.25. The Morgan fingerprint density at radius 2 is 1.86 bits per heavy atom. The van der Waals surface area contributed by atoms with Gasteiger partial charge < -0.3 is 18.8 Å². The Bertz CT molecular complexity index is 1050. The molecule has 1 atom stereocenters. The highest BCUT2D eigenvalue weighted by Crippen LogP contribution is 2.37. The number of hydrogen-bond donors (Lipinski definition) is 0. The first-order valence-electron chi connectivity index (χ1n) is 9.71. The van der Waals surface area contributed by atoms with Crippen molar-refractivity contribution < 1.29 is 18.7 Å². The molecule has 3 heterocycles. The minimum atomic E-state index is -0.261. The number of aromatic nitrogens is 2. The standard InChI is InChI=1S/C22H21N3O4/c1-14-23-24-22(29-14)18(15-5-3-2-4-6-15)11-21(26)25-8-7-16-9-19-20(28-13-27-19)10-17(16)12-25/h2-6,9-10,18H,7-8,11-13H2,1H3. The van der Waals surface area contributed by atoms with E-state index in [1.807, 2.05) is 47.4 Å². The SMILES string of the molecule is Cc1nnc(C(CC(=O)N2CCc3cc4c(cc3C2)OCO4)c2ccccc2)o1. The second-order valence-electron chi connectivity index (χ2n) is 7.37. The summed E-state index contributed by atoms with van der Waals surface area (Å²) >= 11 is 0. The van der Waals surface area contributed by atoms with Gasteiger partial charge in [0.05, 0.1) is 5.92 Å². The van der Waals surface area contributed by atoms with Crippen LogP contribution in [0.15, 0.2) is 46.9 Å². The third-order valence-corrected chi connectivity index (χ3v) is 5.48. The highest BCUT2D eigenvalue weighted by Gasteiger charge is 2.29. The van der Waals surface area contributed by atoms with Crippen molar-refractivity contribution in [1.29, 1.82) is 0 Å². The summed E-state index contributed by atoms with van der Waals surface area (Å²) < 4.78 is 16.6. The maximum Gasteiger partial charge on any atom is 0.231 e. The van der Waals surface area contributed by atoms with Gasteiger partial charge in [0.1, 0.15) is 0 Å². The van der Waals surface area contributed by atoms with Crippen LogP contribution < -0.4 is 9.47 Å². The maximum atomic E-state index is 13.2. The Labute approximate surface area is 168 Å². The molecule has 0 aliphatic carbocycles. The van der Waals surface area contributed by atoms with Crippen molar-refractivity contribution in [3.8, 4) is 11.5 Å². The van der Waals surface area contributed by atoms with Crippen molar-refractivity contribution in [1.82, 2.24) is 15.1 Å². The molecular weight excluding hydrogens is 370 g/mol. The molecule has 0 bridgehead atoms. The molecule has 1 amide bonds. The van der Waals surface area contributed by atoms with Crippen LogP contribution in [0.5, 0.6) is 11.5 Å². The highest BCUT2D eigenvalue weighted by atomic mass is 16.7. The van der Waals surface area contributed by atoms with Crippen molar-refractivity contribution in [2.75, 3.05) is 13.3 Å². The third kappa shape index (κ3) is 3.44. The molecule has 7 heteroatoms. The molecule has 2 aromatic carbocycles. The molecule has 0 spiro atoms. The van der Waals surface area contributed by atoms with Crippen molar-refractivity contribution in [3.63, 3.8) is 0 Å². The van der Waals surface area contributed by atoms with Gasteiger partial charge >= 0.3 is 0 Å². The van der Waals surface area contributed by atoms with Gasteiger partial charge in [0.15, 0.2) is 11.5 Å². The summed E-state index contributed by atoms with van der Waals surface area (Å²) in [4.78, 5) is 15.1. The zero-order chi connectivity index (χ0) is 19.8. The third-order valence-electron chi connectivity index (χ3n) is 5.48. The Morgan fingerprint density at radius 3 is 2.59 bits per heavy atom. The van der Waals surface area contributed by atoms with Crippen LogP contribution in [0, 0.1) is 6.92 Å². The van der Waals surface area contributed by atoms with Crippen LogP contribution in [-0.2, 0) is 17.8 Å². The largest absolute Gasteiger partial charge is 0.454 e. The Kier molecular flexibility index (Phi) is 4.42. The molecule has 0 radical (unpaired) electrons. The van der Waals surface area contributed by atoms with E-state index in [1.54, 1.807) is 6.92 Å². The second kappa shape index (κ2) is 7.24. The van der Waals surface area contributed by atoms with E-state index in [9.17, 15) is 4.79 Å². The van der Waals surface area contributed by atoms with Gasteiger partial charge in [0, 0.05) is 26.4 Å². The minimum Gasteiger partial charge on any atom is -0.454 e. The molecular formula is C22H21N3O4. The predicted molar refractivity (Wildman–Crippen MR) is 104 cm³/mol. The van der Waals surface area contributed by atoms with Gasteiger partial charge in [-0.2, -0.15) is 0 Å². The number of carbonyl (C=O) groups excluding carboxylic acids is 1. The van der Waals surface area contributed by atoms with E-state index >= 15 is 0 Å². The lowest BCUT2D eigenvalue weighted by Crippen LogP contribution is -2.36. The number of ether oxygens (including phenoxy) is 2. The first kappa shape index (κ1) is 17.7. The quantitative estimate of drug-likeness (QED) is 0.680. The number of carbonyl (C=O) groups is 1. The van der Waals surface area contributed by atoms with E-state index in [4.69, 9.17) is 13.9 Å². The first-order chi connectivity index (χ1) is 14.2. The average molecular weight is 391 g/mol. The molecule has 0 fully saturated rings. The minimum absolute atomic E-state index is 0.0676. The Morgan fingerprint density at radius 1 is 1.10 bits per heavy atom. The summed E-state index contributed by atoms with van der Waals surface area (Å²) in [5, 5.41) is 8.13. The highest BCUT2D eigenvalue weighted by molar-refractivity contribution is 5.78. The molecule has 148 valence electrons. The van der Waals surface area contributed by atoms with Crippen molar-refractivity contribution in [3.05, 3.63) is 70.9 Å². The van der Waals surface area contributed by atoms with Crippen LogP contribution in [-0.4, -0.2) is 34.3 Å². The lowest BCUT2D eigenvalue weighted by Gasteiger charge is -2.30. The number of fused-ring (bicyclic) bond motifs is 2. The molecule has 0 saturated heterocycles. The Hall–Kier alpha value is -3.35. The van der Waals surface area contributed by atoms with Gasteiger partial charge in [-0.05, 0) is 35.2 Å². The fraction of sp³-hybridized carbons (Fsp3) is 0.318. The summed E-state index contributed by atoms with van der Waals surface area (Å²) in [7, 11) is 0. The van der Waals surface area contributed by atoms with Gasteiger partial charge in [-0.15, -0.1) is 10.2 Å². The molecule has 1 unspecified atom stereocenters. The van der Waals surface area contributed by atoms with Crippen molar-refractivity contribution >= 4 is 5.91 Å². The number of aryl methyl sites for hydroxylation is 1. The summed E-state index contributed by atoms with van der Waals surface area (Å²) in [5.74, 6) is 2.32. The Balaban J connectivity index is 1.37. The number of amides is 1. The van der Waals surface area contributed by atoms with Crippen LogP contribution in [0.1, 0.15) is 40.8 Å². The summed E-state index contributed by atoms with van der Waals surface area (Å²) in [5.41, 5.74) is 3.31. The number of rotatable bonds is 4. The van der Waals surface area contributed by atoms with Gasteiger partial charge in [0.25, 0.3) is 0 Å². The molecule has 0 saturated carbocycles. The van der Waals surface area contributed by atoms with E-state index < -0.39 is 0 Å². The monoisotopic (exact) mass is 391 g/mol. The molecule has 2 aliphatic heterocycles. The average Bonchev–Trinajstić information content (AvgIpc) is 3.38. The smallest absolute Gasteiger partial charge is 0.231 e. The van der Waals surface area contributed by atoms with E-state index in [2.05, 4.69) is 10.2 Å². The number of nitrogens with zero attached hydrogens (tertiary/aromatic N) is 3. The number of benzene rings is 2. The fourth-order valence-corrected chi connectivity index (χ4v) is 3.95. The first-order valence-corrected chi connectivity index (χ1v) is 9.71. The summed E-state index contributed by atoms with van der Waals surface area (Å²) in [6.07, 6.45) is 1.08. The fourth-order valence-electron chi connectivity index (χ4n) is 3.95. The van der Waals surface area contributed by atoms with E-state index in [1.165, 1.54) is 5.56 Å². The van der Waals surface area contributed by atoms with Crippen molar-refractivity contribution in [2.24, 2.45) is 0 Å². The lowest BCUT2D eigenvalue weighted by molar-refractivity contribution is -0.132. The second-order valence-corrected chi connectivity index (χ2v) is 7.37. The van der Waals surface area contributed by atoms with E-state index in [0.29, 0.717) is 24.9 Å². The zero-order valence-electron chi connectivity index (χ0n) is 16.1. The molecule has 5 rings (SSSR count). The molecule has 7 nitrogen and oxygen atoms in total. The van der Waals surface area contributed by atoms with E-state index in [-0.39, 0.29) is 25.0 Å². The van der Waals surface area contributed by atoms with Gasteiger partial charge in [0.2, 0.25) is 24.5 Å². The van der Waals surface area contributed by atoms with E-state index in [0.717, 1.165) is 29.0 Å². The topological polar surface area (TPSA) is 77.7 Å². The van der Waals surface area contributed by atoms with Crippen LogP contribution in [0.4, 0.5) is 0 Å². The molecule has 1 aromatic heterocycles. The predicted octanol–water partition coefficient (Wildman–Crippen LogP) is 3.21. The van der Waals surface area contributed by atoms with Crippen LogP contribution in [0.3, 0.4) is 0 Å². The van der Waals surface area contributed by atoms with Gasteiger partial charge in [-0.25, -0.2) is 0 Å².